The number of nitrogens with two attached hydrogens (primary N) is 1. The second-order valence-corrected chi connectivity index (χ2v) is 6.37. The van der Waals surface area contributed by atoms with Crippen molar-refractivity contribution in [2.75, 3.05) is 11.1 Å². The van der Waals surface area contributed by atoms with E-state index in [1.54, 1.807) is 0 Å². The standard InChI is InChI=1S/C19H17ClFN5O2/c1-11-5-7-12(8-6-11)23-19-25-16(24-18(22)26-19)10-28-17(27)9-13-14(20)3-2-4-15(13)21/h2-8H,9-10H2,1H3,(H3,22,23,24,25,26). The molecule has 3 aromatic rings. The van der Waals surface area contributed by atoms with Crippen molar-refractivity contribution in [3.8, 4) is 0 Å². The second-order valence-electron chi connectivity index (χ2n) is 5.96. The number of rotatable bonds is 6. The number of benzene rings is 2. The van der Waals surface area contributed by atoms with E-state index in [0.29, 0.717) is 0 Å². The molecule has 9 heteroatoms. The van der Waals surface area contributed by atoms with Crippen molar-refractivity contribution in [3.05, 3.63) is 70.3 Å². The summed E-state index contributed by atoms with van der Waals surface area (Å²) in [6.07, 6.45) is -0.305. The lowest BCUT2D eigenvalue weighted by atomic mass is 10.1. The van der Waals surface area contributed by atoms with Gasteiger partial charge in [-0.3, -0.25) is 4.79 Å². The first-order valence-electron chi connectivity index (χ1n) is 8.33. The summed E-state index contributed by atoms with van der Waals surface area (Å²) in [6.45, 7) is 1.74. The van der Waals surface area contributed by atoms with Gasteiger partial charge < -0.3 is 15.8 Å². The fraction of sp³-hybridized carbons (Fsp3) is 0.158. The van der Waals surface area contributed by atoms with E-state index in [1.165, 1.54) is 18.2 Å². The summed E-state index contributed by atoms with van der Waals surface area (Å²) in [5, 5.41) is 3.16. The van der Waals surface area contributed by atoms with E-state index in [1.807, 2.05) is 31.2 Å². The molecule has 1 aromatic heterocycles. The van der Waals surface area contributed by atoms with E-state index in [9.17, 15) is 9.18 Å². The maximum Gasteiger partial charge on any atom is 0.310 e. The van der Waals surface area contributed by atoms with Gasteiger partial charge in [-0.25, -0.2) is 4.39 Å². The molecule has 0 saturated carbocycles. The minimum Gasteiger partial charge on any atom is -0.457 e. The van der Waals surface area contributed by atoms with Gasteiger partial charge in [0.15, 0.2) is 12.4 Å². The lowest BCUT2D eigenvalue weighted by Crippen LogP contribution is -2.13. The molecule has 2 aromatic carbocycles. The Morgan fingerprint density at radius 2 is 1.93 bits per heavy atom. The van der Waals surface area contributed by atoms with Gasteiger partial charge >= 0.3 is 5.97 Å². The maximum absolute atomic E-state index is 13.8. The van der Waals surface area contributed by atoms with E-state index in [0.717, 1.165) is 11.3 Å². The Bertz CT molecular complexity index is 978. The maximum atomic E-state index is 13.8. The molecule has 0 aliphatic heterocycles. The van der Waals surface area contributed by atoms with E-state index in [4.69, 9.17) is 22.1 Å². The Kier molecular flexibility index (Phi) is 6.00. The minimum atomic E-state index is -0.668. The van der Waals surface area contributed by atoms with Gasteiger partial charge in [0.05, 0.1) is 6.42 Å². The fourth-order valence-electron chi connectivity index (χ4n) is 2.37. The number of nitrogen functional groups attached to an aromatic ring is 1. The largest absolute Gasteiger partial charge is 0.457 e. The minimum absolute atomic E-state index is 0.0205. The molecular formula is C19H17ClFN5O2. The van der Waals surface area contributed by atoms with E-state index in [-0.39, 0.29) is 41.3 Å². The zero-order chi connectivity index (χ0) is 20.1. The summed E-state index contributed by atoms with van der Waals surface area (Å²) in [5.74, 6) is -0.875. The molecule has 0 radical (unpaired) electrons. The third kappa shape index (κ3) is 5.14. The van der Waals surface area contributed by atoms with Gasteiger partial charge in [-0.05, 0) is 31.2 Å². The molecule has 7 nitrogen and oxygen atoms in total. The van der Waals surface area contributed by atoms with Gasteiger partial charge in [-0.1, -0.05) is 35.4 Å². The number of nitrogens with zero attached hydrogens (tertiary/aromatic N) is 3. The van der Waals surface area contributed by atoms with Crippen LogP contribution in [0.1, 0.15) is 17.0 Å². The Morgan fingerprint density at radius 1 is 1.18 bits per heavy atom. The SMILES string of the molecule is Cc1ccc(Nc2nc(N)nc(COC(=O)Cc3c(F)cccc3Cl)n2)cc1. The van der Waals surface area contributed by atoms with Gasteiger partial charge in [0.1, 0.15) is 5.82 Å². The third-order valence-electron chi connectivity index (χ3n) is 3.75. The lowest BCUT2D eigenvalue weighted by Gasteiger charge is -2.09. The number of carbonyl (C=O) groups is 1. The van der Waals surface area contributed by atoms with Crippen LogP contribution in [0.2, 0.25) is 5.02 Å². The molecule has 0 aliphatic rings. The molecule has 1 heterocycles. The molecule has 0 saturated heterocycles. The van der Waals surface area contributed by atoms with Gasteiger partial charge in [0, 0.05) is 16.3 Å². The van der Waals surface area contributed by atoms with Crippen LogP contribution in [0.4, 0.5) is 22.0 Å². The summed E-state index contributed by atoms with van der Waals surface area (Å²) < 4.78 is 18.9. The predicted octanol–water partition coefficient (Wildman–Crippen LogP) is 3.58. The Balaban J connectivity index is 1.64. The van der Waals surface area contributed by atoms with E-state index >= 15 is 0 Å². The number of aryl methyl sites for hydroxylation is 1. The molecule has 0 spiro atoms. The van der Waals surface area contributed by atoms with Crippen molar-refractivity contribution in [1.82, 2.24) is 15.0 Å². The number of halogens is 2. The number of anilines is 3. The summed E-state index contributed by atoms with van der Waals surface area (Å²) >= 11 is 5.91. The monoisotopic (exact) mass is 401 g/mol. The van der Waals surface area contributed by atoms with E-state index < -0.39 is 11.8 Å². The number of nitrogens with one attached hydrogen (secondary N) is 1. The summed E-state index contributed by atoms with van der Waals surface area (Å²) in [5.41, 5.74) is 7.66. The van der Waals surface area contributed by atoms with Crippen LogP contribution in [0.5, 0.6) is 0 Å². The number of carbonyl (C=O) groups excluding carboxylic acids is 1. The first-order valence-corrected chi connectivity index (χ1v) is 8.71. The van der Waals surface area contributed by atoms with Crippen LogP contribution in [0.15, 0.2) is 42.5 Å². The molecule has 0 amide bonds. The number of hydrogen-bond donors (Lipinski definition) is 2. The van der Waals surface area contributed by atoms with Gasteiger partial charge in [-0.2, -0.15) is 15.0 Å². The van der Waals surface area contributed by atoms with Crippen LogP contribution in [0.25, 0.3) is 0 Å². The highest BCUT2D eigenvalue weighted by atomic mass is 35.5. The quantitative estimate of drug-likeness (QED) is 0.608. The first-order chi connectivity index (χ1) is 13.4. The molecule has 28 heavy (non-hydrogen) atoms. The smallest absolute Gasteiger partial charge is 0.310 e. The highest BCUT2D eigenvalue weighted by Crippen LogP contribution is 2.20. The zero-order valence-electron chi connectivity index (χ0n) is 14.9. The van der Waals surface area contributed by atoms with Crippen LogP contribution in [-0.2, 0) is 22.6 Å². The molecule has 0 bridgehead atoms. The van der Waals surface area contributed by atoms with Crippen molar-refractivity contribution >= 4 is 35.2 Å². The Labute approximate surface area is 165 Å². The molecule has 0 atom stereocenters. The molecule has 144 valence electrons. The number of aromatic nitrogens is 3. The lowest BCUT2D eigenvalue weighted by molar-refractivity contribution is -0.144. The number of hydrogen-bond acceptors (Lipinski definition) is 7. The van der Waals surface area contributed by atoms with Gasteiger partial charge in [-0.15, -0.1) is 0 Å². The number of ether oxygens (including phenoxy) is 1. The molecular weight excluding hydrogens is 385 g/mol. The van der Waals surface area contributed by atoms with Crippen molar-refractivity contribution in [2.45, 2.75) is 20.0 Å². The first kappa shape index (κ1) is 19.5. The Hall–Kier alpha value is -3.26. The third-order valence-corrected chi connectivity index (χ3v) is 4.11. The summed E-state index contributed by atoms with van der Waals surface area (Å²) in [4.78, 5) is 24.1. The predicted molar refractivity (Wildman–Crippen MR) is 104 cm³/mol. The summed E-state index contributed by atoms with van der Waals surface area (Å²) in [6, 6.07) is 11.8. The molecule has 0 fully saturated rings. The fourth-order valence-corrected chi connectivity index (χ4v) is 2.60. The van der Waals surface area contributed by atoms with Crippen LogP contribution in [0.3, 0.4) is 0 Å². The molecule has 0 aliphatic carbocycles. The molecule has 0 unspecified atom stereocenters. The van der Waals surface area contributed by atoms with Crippen molar-refractivity contribution < 1.29 is 13.9 Å². The normalized spacial score (nSPS) is 10.5. The zero-order valence-corrected chi connectivity index (χ0v) is 15.7. The van der Waals surface area contributed by atoms with Crippen LogP contribution in [0, 0.1) is 12.7 Å². The van der Waals surface area contributed by atoms with Crippen LogP contribution < -0.4 is 11.1 Å². The average molecular weight is 402 g/mol. The van der Waals surface area contributed by atoms with Crippen molar-refractivity contribution in [1.29, 1.82) is 0 Å². The molecule has 3 rings (SSSR count). The van der Waals surface area contributed by atoms with Crippen molar-refractivity contribution in [2.24, 2.45) is 0 Å². The van der Waals surface area contributed by atoms with Gasteiger partial charge in [0.25, 0.3) is 0 Å². The topological polar surface area (TPSA) is 103 Å². The Morgan fingerprint density at radius 3 is 2.64 bits per heavy atom. The van der Waals surface area contributed by atoms with Gasteiger partial charge in [0.2, 0.25) is 11.9 Å². The summed E-state index contributed by atoms with van der Waals surface area (Å²) in [7, 11) is 0. The van der Waals surface area contributed by atoms with Crippen LogP contribution >= 0.6 is 11.6 Å². The number of esters is 1. The van der Waals surface area contributed by atoms with Crippen molar-refractivity contribution in [3.63, 3.8) is 0 Å². The molecule has 3 N–H and O–H groups in total. The highest BCUT2D eigenvalue weighted by molar-refractivity contribution is 6.31. The second kappa shape index (κ2) is 8.62. The highest BCUT2D eigenvalue weighted by Gasteiger charge is 2.14. The van der Waals surface area contributed by atoms with E-state index in [2.05, 4.69) is 20.3 Å². The van der Waals surface area contributed by atoms with Crippen LogP contribution in [-0.4, -0.2) is 20.9 Å². The average Bonchev–Trinajstić information content (AvgIpc) is 2.65.